The van der Waals surface area contributed by atoms with Gasteiger partial charge in [-0.3, -0.25) is 20.2 Å². The number of imidazole rings is 1. The fourth-order valence-electron chi connectivity index (χ4n) is 4.60. The Morgan fingerprint density at radius 1 is 1.13 bits per heavy atom. The van der Waals surface area contributed by atoms with Crippen LogP contribution in [0.3, 0.4) is 0 Å². The largest absolute Gasteiger partial charge is 0.433 e. The molecule has 0 bridgehead atoms. The molecule has 0 spiro atoms. The lowest BCUT2D eigenvalue weighted by Gasteiger charge is -2.19. The van der Waals surface area contributed by atoms with Crippen molar-refractivity contribution in [1.29, 1.82) is 5.41 Å². The molecule has 2 N–H and O–H groups in total. The van der Waals surface area contributed by atoms with Crippen LogP contribution in [0.4, 0.5) is 13.2 Å². The van der Waals surface area contributed by atoms with Crippen LogP contribution in [-0.4, -0.2) is 25.0 Å². The summed E-state index contributed by atoms with van der Waals surface area (Å²) >= 11 is 0. The summed E-state index contributed by atoms with van der Waals surface area (Å²) in [5.41, 5.74) is 1.94. The van der Waals surface area contributed by atoms with E-state index in [1.165, 1.54) is 18.2 Å². The van der Waals surface area contributed by atoms with Gasteiger partial charge in [0.1, 0.15) is 0 Å². The highest BCUT2D eigenvalue weighted by molar-refractivity contribution is 5.96. The van der Waals surface area contributed by atoms with Crippen LogP contribution in [0, 0.1) is 18.3 Å². The fraction of sp³-hybridized carbons (Fsp3) is 0.286. The Hall–Kier alpha value is -4.21. The highest BCUT2D eigenvalue weighted by Crippen LogP contribution is 2.41. The summed E-state index contributed by atoms with van der Waals surface area (Å²) in [6, 6.07) is 11.1. The standard InChI is InChI=1S/C28H27F3N6O/c1-17-7-9-33-23(12-17)24(19-5-6-19)35-26(38)21-14-18(16-37-11-10-36(2)27(37)32)13-20(15-21)22-4-3-8-34-25(22)28(29,30)31/h3-4,7-15,19,24,32H,5-6,16H2,1-2H3,(H,35,38). The number of amides is 1. The number of carbonyl (C=O) groups excluding carboxylic acids is 1. The molecule has 0 saturated heterocycles. The van der Waals surface area contributed by atoms with E-state index in [9.17, 15) is 18.0 Å². The zero-order valence-corrected chi connectivity index (χ0v) is 21.0. The van der Waals surface area contributed by atoms with Gasteiger partial charge < -0.3 is 14.5 Å². The summed E-state index contributed by atoms with van der Waals surface area (Å²) in [6.07, 6.45) is 3.52. The highest BCUT2D eigenvalue weighted by atomic mass is 19.4. The fourth-order valence-corrected chi connectivity index (χ4v) is 4.60. The number of aryl methyl sites for hydroxylation is 2. The summed E-state index contributed by atoms with van der Waals surface area (Å²) in [5.74, 6) is -0.133. The van der Waals surface area contributed by atoms with Gasteiger partial charge in [0.05, 0.1) is 18.3 Å². The van der Waals surface area contributed by atoms with Crippen LogP contribution in [0.1, 0.15) is 51.8 Å². The molecular weight excluding hydrogens is 493 g/mol. The zero-order chi connectivity index (χ0) is 27.0. The maximum absolute atomic E-state index is 13.8. The first-order valence-corrected chi connectivity index (χ1v) is 12.3. The number of hydrogen-bond acceptors (Lipinski definition) is 4. The van der Waals surface area contributed by atoms with Crippen molar-refractivity contribution in [3.8, 4) is 11.1 Å². The van der Waals surface area contributed by atoms with Gasteiger partial charge >= 0.3 is 6.18 Å². The normalized spacial score (nSPS) is 14.3. The van der Waals surface area contributed by atoms with Gasteiger partial charge in [-0.2, -0.15) is 13.2 Å². The molecule has 10 heteroatoms. The average molecular weight is 521 g/mol. The monoisotopic (exact) mass is 520 g/mol. The van der Waals surface area contributed by atoms with Crippen LogP contribution >= 0.6 is 0 Å². The second kappa shape index (κ2) is 9.92. The van der Waals surface area contributed by atoms with Crippen LogP contribution in [0.15, 0.2) is 67.3 Å². The SMILES string of the molecule is Cc1ccnc(C(NC(=O)c2cc(Cn3ccn(C)c3=N)cc(-c3cccnc3C(F)(F)F)c2)C2CC2)c1. The van der Waals surface area contributed by atoms with Gasteiger partial charge in [-0.25, -0.2) is 0 Å². The van der Waals surface area contributed by atoms with E-state index in [0.717, 1.165) is 30.3 Å². The number of pyridine rings is 2. The van der Waals surface area contributed by atoms with Crippen LogP contribution < -0.4 is 10.9 Å². The predicted molar refractivity (Wildman–Crippen MR) is 135 cm³/mol. The van der Waals surface area contributed by atoms with E-state index in [4.69, 9.17) is 5.41 Å². The van der Waals surface area contributed by atoms with E-state index in [1.807, 2.05) is 19.1 Å². The third-order valence-electron chi connectivity index (χ3n) is 6.71. The summed E-state index contributed by atoms with van der Waals surface area (Å²) in [4.78, 5) is 21.6. The quantitative estimate of drug-likeness (QED) is 0.359. The lowest BCUT2D eigenvalue weighted by molar-refractivity contribution is -0.140. The minimum Gasteiger partial charge on any atom is -0.343 e. The first-order chi connectivity index (χ1) is 18.1. The molecule has 5 rings (SSSR count). The molecular formula is C28H27F3N6O. The number of nitrogens with zero attached hydrogens (tertiary/aromatic N) is 4. The second-order valence-electron chi connectivity index (χ2n) is 9.72. The molecule has 7 nitrogen and oxygen atoms in total. The van der Waals surface area contributed by atoms with Gasteiger partial charge in [0.2, 0.25) is 5.62 Å². The van der Waals surface area contributed by atoms with E-state index >= 15 is 0 Å². The summed E-state index contributed by atoms with van der Waals surface area (Å²) in [6.45, 7) is 2.17. The van der Waals surface area contributed by atoms with E-state index in [1.54, 1.807) is 46.9 Å². The molecule has 4 aromatic rings. The molecule has 1 atom stereocenters. The minimum atomic E-state index is -4.66. The molecule has 1 unspecified atom stereocenters. The van der Waals surface area contributed by atoms with Gasteiger partial charge in [0, 0.05) is 43.0 Å². The molecule has 1 aromatic carbocycles. The summed E-state index contributed by atoms with van der Waals surface area (Å²) in [7, 11) is 1.73. The second-order valence-corrected chi connectivity index (χ2v) is 9.72. The predicted octanol–water partition coefficient (Wildman–Crippen LogP) is 5.02. The van der Waals surface area contributed by atoms with Gasteiger partial charge in [-0.15, -0.1) is 0 Å². The van der Waals surface area contributed by atoms with Crippen LogP contribution in [0.25, 0.3) is 11.1 Å². The molecule has 1 saturated carbocycles. The Kier molecular flexibility index (Phi) is 6.64. The van der Waals surface area contributed by atoms with Crippen molar-refractivity contribution in [2.75, 3.05) is 0 Å². The maximum Gasteiger partial charge on any atom is 0.433 e. The van der Waals surface area contributed by atoms with Crippen molar-refractivity contribution in [1.82, 2.24) is 24.4 Å². The van der Waals surface area contributed by atoms with Gasteiger partial charge in [0.15, 0.2) is 5.69 Å². The van der Waals surface area contributed by atoms with E-state index in [2.05, 4.69) is 15.3 Å². The third-order valence-corrected chi connectivity index (χ3v) is 6.71. The van der Waals surface area contributed by atoms with Crippen molar-refractivity contribution in [2.45, 2.75) is 38.5 Å². The molecule has 1 amide bonds. The lowest BCUT2D eigenvalue weighted by atomic mass is 9.97. The van der Waals surface area contributed by atoms with Crippen LogP contribution in [0.2, 0.25) is 0 Å². The summed E-state index contributed by atoms with van der Waals surface area (Å²) < 4.78 is 44.7. The van der Waals surface area contributed by atoms with Gasteiger partial charge in [-0.05, 0) is 78.8 Å². The number of nitrogens with one attached hydrogen (secondary N) is 2. The van der Waals surface area contributed by atoms with Crippen molar-refractivity contribution in [3.63, 3.8) is 0 Å². The van der Waals surface area contributed by atoms with Crippen molar-refractivity contribution < 1.29 is 18.0 Å². The number of benzene rings is 1. The van der Waals surface area contributed by atoms with Crippen molar-refractivity contribution in [2.24, 2.45) is 13.0 Å². The number of aromatic nitrogens is 4. The van der Waals surface area contributed by atoms with E-state index < -0.39 is 17.8 Å². The number of alkyl halides is 3. The molecule has 3 aromatic heterocycles. The Balaban J connectivity index is 1.56. The number of hydrogen-bond donors (Lipinski definition) is 2. The molecule has 3 heterocycles. The number of carbonyl (C=O) groups is 1. The molecule has 0 aliphatic heterocycles. The smallest absolute Gasteiger partial charge is 0.343 e. The van der Waals surface area contributed by atoms with E-state index in [0.29, 0.717) is 5.56 Å². The first kappa shape index (κ1) is 25.4. The maximum atomic E-state index is 13.8. The van der Waals surface area contributed by atoms with Crippen LogP contribution in [0.5, 0.6) is 0 Å². The van der Waals surface area contributed by atoms with Gasteiger partial charge in [-0.1, -0.05) is 6.07 Å². The third kappa shape index (κ3) is 5.39. The first-order valence-electron chi connectivity index (χ1n) is 12.3. The summed E-state index contributed by atoms with van der Waals surface area (Å²) in [5, 5.41) is 11.3. The van der Waals surface area contributed by atoms with Crippen molar-refractivity contribution in [3.05, 3.63) is 101 Å². The zero-order valence-electron chi connectivity index (χ0n) is 21.0. The average Bonchev–Trinajstić information content (AvgIpc) is 3.68. The molecule has 1 fully saturated rings. The number of rotatable bonds is 7. The van der Waals surface area contributed by atoms with Gasteiger partial charge in [0.25, 0.3) is 5.91 Å². The molecule has 1 aliphatic carbocycles. The topological polar surface area (TPSA) is 88.6 Å². The van der Waals surface area contributed by atoms with Crippen molar-refractivity contribution >= 4 is 5.91 Å². The Bertz CT molecular complexity index is 1550. The highest BCUT2D eigenvalue weighted by Gasteiger charge is 2.36. The van der Waals surface area contributed by atoms with Crippen LogP contribution in [-0.2, 0) is 19.8 Å². The van der Waals surface area contributed by atoms with E-state index in [-0.39, 0.29) is 40.8 Å². The molecule has 38 heavy (non-hydrogen) atoms. The lowest BCUT2D eigenvalue weighted by Crippen LogP contribution is -2.30. The Labute approximate surface area is 217 Å². The Morgan fingerprint density at radius 2 is 1.92 bits per heavy atom. The molecule has 1 aliphatic rings. The minimum absolute atomic E-state index is 0.112. The number of halogens is 3. The Morgan fingerprint density at radius 3 is 2.58 bits per heavy atom. The molecule has 0 radical (unpaired) electrons. The molecule has 196 valence electrons.